The van der Waals surface area contributed by atoms with E-state index in [1.54, 1.807) is 36.4 Å². The fourth-order valence-corrected chi connectivity index (χ4v) is 3.61. The van der Waals surface area contributed by atoms with Gasteiger partial charge in [0.15, 0.2) is 11.5 Å². The molecule has 1 aliphatic heterocycles. The van der Waals surface area contributed by atoms with Crippen molar-refractivity contribution in [2.75, 3.05) is 26.2 Å². The zero-order chi connectivity index (χ0) is 19.3. The molecule has 0 atom stereocenters. The van der Waals surface area contributed by atoms with Gasteiger partial charge < -0.3 is 14.6 Å². The van der Waals surface area contributed by atoms with Crippen molar-refractivity contribution in [3.8, 4) is 0 Å². The molecule has 1 N–H and O–H groups in total. The van der Waals surface area contributed by atoms with Gasteiger partial charge in [-0.1, -0.05) is 18.2 Å². The Kier molecular flexibility index (Phi) is 5.67. The highest BCUT2D eigenvalue weighted by molar-refractivity contribution is 5.97. The van der Waals surface area contributed by atoms with Crippen LogP contribution in [0.25, 0.3) is 11.1 Å². The third-order valence-corrected chi connectivity index (χ3v) is 5.13. The first-order valence-electron chi connectivity index (χ1n) is 9.82. The van der Waals surface area contributed by atoms with E-state index in [0.717, 1.165) is 13.0 Å². The second-order valence-corrected chi connectivity index (χ2v) is 7.22. The molecular formula is C22H24FN3O2. The van der Waals surface area contributed by atoms with Crippen molar-refractivity contribution in [2.24, 2.45) is 0 Å². The minimum atomic E-state index is -0.279. The number of nitrogens with zero attached hydrogens (tertiary/aromatic N) is 2. The largest absolute Gasteiger partial charge is 0.440 e. The first-order chi connectivity index (χ1) is 13.7. The smallest absolute Gasteiger partial charge is 0.251 e. The van der Waals surface area contributed by atoms with Gasteiger partial charge in [0.25, 0.3) is 5.91 Å². The Morgan fingerprint density at radius 1 is 1.18 bits per heavy atom. The van der Waals surface area contributed by atoms with Crippen LogP contribution in [-0.2, 0) is 6.42 Å². The van der Waals surface area contributed by atoms with Crippen LogP contribution in [0.4, 0.5) is 4.39 Å². The number of likely N-dealkylation sites (tertiary alicyclic amines) is 1. The summed E-state index contributed by atoms with van der Waals surface area (Å²) in [7, 11) is 0. The molecule has 0 aliphatic carbocycles. The molecule has 1 saturated heterocycles. The maximum absolute atomic E-state index is 13.8. The monoisotopic (exact) mass is 381 g/mol. The third-order valence-electron chi connectivity index (χ3n) is 5.13. The lowest BCUT2D eigenvalue weighted by molar-refractivity contribution is 0.0952. The Hall–Kier alpha value is -2.73. The molecule has 0 radical (unpaired) electrons. The van der Waals surface area contributed by atoms with E-state index in [2.05, 4.69) is 15.2 Å². The Morgan fingerprint density at radius 2 is 2.00 bits per heavy atom. The van der Waals surface area contributed by atoms with Gasteiger partial charge in [0.2, 0.25) is 0 Å². The van der Waals surface area contributed by atoms with Gasteiger partial charge in [0, 0.05) is 12.1 Å². The summed E-state index contributed by atoms with van der Waals surface area (Å²) in [6, 6.07) is 11.8. The van der Waals surface area contributed by atoms with Crippen LogP contribution >= 0.6 is 0 Å². The average Bonchev–Trinajstić information content (AvgIpc) is 3.35. The van der Waals surface area contributed by atoms with E-state index in [-0.39, 0.29) is 18.1 Å². The van der Waals surface area contributed by atoms with Crippen molar-refractivity contribution in [1.82, 2.24) is 15.2 Å². The molecule has 0 unspecified atom stereocenters. The molecule has 0 spiro atoms. The molecule has 1 fully saturated rings. The molecule has 3 aromatic rings. The normalized spacial score (nSPS) is 14.6. The van der Waals surface area contributed by atoms with Crippen LogP contribution in [0.15, 0.2) is 46.9 Å². The maximum atomic E-state index is 13.8. The number of hydrogen-bond acceptors (Lipinski definition) is 4. The van der Waals surface area contributed by atoms with E-state index < -0.39 is 0 Å². The lowest BCUT2D eigenvalue weighted by atomic mass is 10.1. The SMILES string of the molecule is O=C(NCCCN1CCCC1)c1ccc2nc(Cc3ccccc3F)oc2c1. The minimum Gasteiger partial charge on any atom is -0.440 e. The standard InChI is InChI=1S/C22H24FN3O2/c23-18-7-2-1-6-16(18)15-21-25-19-9-8-17(14-20(19)28-21)22(27)24-10-5-13-26-11-3-4-12-26/h1-2,6-9,14H,3-5,10-13,15H2,(H,24,27). The van der Waals surface area contributed by atoms with Crippen molar-refractivity contribution >= 4 is 17.0 Å². The second-order valence-electron chi connectivity index (χ2n) is 7.22. The molecule has 1 amide bonds. The van der Waals surface area contributed by atoms with Crippen LogP contribution in [0.1, 0.15) is 41.1 Å². The minimum absolute atomic E-state index is 0.115. The predicted molar refractivity (Wildman–Crippen MR) is 106 cm³/mol. The summed E-state index contributed by atoms with van der Waals surface area (Å²) in [5, 5.41) is 2.96. The average molecular weight is 381 g/mol. The Balaban J connectivity index is 1.37. The Bertz CT molecular complexity index is 963. The van der Waals surface area contributed by atoms with Gasteiger partial charge in [-0.25, -0.2) is 9.37 Å². The van der Waals surface area contributed by atoms with Crippen LogP contribution < -0.4 is 5.32 Å². The number of oxazole rings is 1. The van der Waals surface area contributed by atoms with Gasteiger partial charge in [-0.3, -0.25) is 4.79 Å². The summed E-state index contributed by atoms with van der Waals surface area (Å²) < 4.78 is 19.6. The van der Waals surface area contributed by atoms with Gasteiger partial charge in [0.1, 0.15) is 11.3 Å². The molecular weight excluding hydrogens is 357 g/mol. The van der Waals surface area contributed by atoms with Crippen LogP contribution in [0, 0.1) is 5.82 Å². The Labute approximate surface area is 163 Å². The van der Waals surface area contributed by atoms with E-state index in [4.69, 9.17) is 4.42 Å². The fourth-order valence-electron chi connectivity index (χ4n) is 3.61. The summed E-state index contributed by atoms with van der Waals surface area (Å²) in [6.45, 7) is 4.03. The maximum Gasteiger partial charge on any atom is 0.251 e. The van der Waals surface area contributed by atoms with Gasteiger partial charge in [0.05, 0.1) is 6.42 Å². The number of amides is 1. The van der Waals surface area contributed by atoms with Gasteiger partial charge in [-0.2, -0.15) is 0 Å². The van der Waals surface area contributed by atoms with Crippen LogP contribution in [0.5, 0.6) is 0 Å². The molecule has 0 bridgehead atoms. The number of carbonyl (C=O) groups is 1. The number of fused-ring (bicyclic) bond motifs is 1. The zero-order valence-electron chi connectivity index (χ0n) is 15.8. The molecule has 2 aromatic carbocycles. The summed E-state index contributed by atoms with van der Waals surface area (Å²) in [4.78, 5) is 19.2. The summed E-state index contributed by atoms with van der Waals surface area (Å²) >= 11 is 0. The molecule has 4 rings (SSSR count). The number of benzene rings is 2. The second kappa shape index (κ2) is 8.52. The predicted octanol–water partition coefficient (Wildman–Crippen LogP) is 3.77. The molecule has 2 heterocycles. The van der Waals surface area contributed by atoms with Crippen molar-refractivity contribution in [2.45, 2.75) is 25.7 Å². The van der Waals surface area contributed by atoms with E-state index in [9.17, 15) is 9.18 Å². The summed E-state index contributed by atoms with van der Waals surface area (Å²) in [5.74, 6) is 0.0393. The van der Waals surface area contributed by atoms with E-state index in [1.165, 1.54) is 32.0 Å². The molecule has 146 valence electrons. The van der Waals surface area contributed by atoms with Gasteiger partial charge >= 0.3 is 0 Å². The van der Waals surface area contributed by atoms with Crippen LogP contribution in [0.2, 0.25) is 0 Å². The quantitative estimate of drug-likeness (QED) is 0.633. The number of carbonyl (C=O) groups excluding carboxylic acids is 1. The highest BCUT2D eigenvalue weighted by Gasteiger charge is 2.13. The summed E-state index contributed by atoms with van der Waals surface area (Å²) in [6.07, 6.45) is 3.79. The fraction of sp³-hybridized carbons (Fsp3) is 0.364. The molecule has 1 aliphatic rings. The molecule has 6 heteroatoms. The topological polar surface area (TPSA) is 58.4 Å². The van der Waals surface area contributed by atoms with Gasteiger partial charge in [-0.05, 0) is 68.7 Å². The van der Waals surface area contributed by atoms with Crippen molar-refractivity contribution in [3.63, 3.8) is 0 Å². The summed E-state index contributed by atoms with van der Waals surface area (Å²) in [5.41, 5.74) is 2.28. The molecule has 5 nitrogen and oxygen atoms in total. The van der Waals surface area contributed by atoms with Crippen molar-refractivity contribution < 1.29 is 13.6 Å². The molecule has 28 heavy (non-hydrogen) atoms. The lowest BCUT2D eigenvalue weighted by Crippen LogP contribution is -2.28. The third kappa shape index (κ3) is 4.39. The molecule has 0 saturated carbocycles. The number of halogens is 1. The first-order valence-corrected chi connectivity index (χ1v) is 9.82. The van der Waals surface area contributed by atoms with E-state index in [1.807, 2.05) is 0 Å². The highest BCUT2D eigenvalue weighted by Crippen LogP contribution is 2.20. The van der Waals surface area contributed by atoms with Crippen molar-refractivity contribution in [3.05, 3.63) is 65.3 Å². The number of aromatic nitrogens is 1. The van der Waals surface area contributed by atoms with Gasteiger partial charge in [-0.15, -0.1) is 0 Å². The van der Waals surface area contributed by atoms with Crippen molar-refractivity contribution in [1.29, 1.82) is 0 Å². The number of rotatable bonds is 7. The van der Waals surface area contributed by atoms with Crippen LogP contribution in [0.3, 0.4) is 0 Å². The van der Waals surface area contributed by atoms with E-state index >= 15 is 0 Å². The number of hydrogen-bond donors (Lipinski definition) is 1. The van der Waals surface area contributed by atoms with Crippen LogP contribution in [-0.4, -0.2) is 42.0 Å². The van der Waals surface area contributed by atoms with E-state index in [0.29, 0.717) is 34.7 Å². The first kappa shape index (κ1) is 18.6. The number of nitrogens with one attached hydrogen (secondary N) is 1. The molecule has 1 aromatic heterocycles. The lowest BCUT2D eigenvalue weighted by Gasteiger charge is -2.14. The highest BCUT2D eigenvalue weighted by atomic mass is 19.1. The zero-order valence-corrected chi connectivity index (χ0v) is 15.8. The Morgan fingerprint density at radius 3 is 2.82 bits per heavy atom.